The van der Waals surface area contributed by atoms with Crippen LogP contribution < -0.4 is 16.3 Å². The number of anilines is 1. The summed E-state index contributed by atoms with van der Waals surface area (Å²) >= 11 is 0. The molecule has 0 aromatic heterocycles. The molecular weight excluding hydrogens is 218 g/mol. The molecule has 3 N–H and O–H groups in total. The Kier molecular flexibility index (Phi) is 3.54. The van der Waals surface area contributed by atoms with Gasteiger partial charge in [-0.3, -0.25) is 4.79 Å². The molecule has 1 aliphatic heterocycles. The number of carbonyl (C=O) groups excluding carboxylic acids is 1. The van der Waals surface area contributed by atoms with E-state index in [9.17, 15) is 4.79 Å². The van der Waals surface area contributed by atoms with E-state index in [0.717, 1.165) is 0 Å². The molecule has 15 heavy (non-hydrogen) atoms. The average molecular weight is 228 g/mol. The van der Waals surface area contributed by atoms with Crippen LogP contribution in [0.15, 0.2) is 36.7 Å². The van der Waals surface area contributed by atoms with Crippen molar-refractivity contribution in [3.8, 4) is 0 Å². The first-order valence-corrected chi connectivity index (χ1v) is 4.05. The Hall–Kier alpha value is -1.72. The number of nitrogens with one attached hydrogen (secondary N) is 1. The third kappa shape index (κ3) is 2.20. The minimum Gasteiger partial charge on any atom is -0.395 e. The van der Waals surface area contributed by atoms with Crippen molar-refractivity contribution < 1.29 is 9.63 Å². The Labute approximate surface area is 92.8 Å². The summed E-state index contributed by atoms with van der Waals surface area (Å²) in [5.74, 6) is -0.470. The third-order valence-corrected chi connectivity index (χ3v) is 1.86. The van der Waals surface area contributed by atoms with E-state index < -0.39 is 5.91 Å². The molecule has 0 bridgehead atoms. The van der Waals surface area contributed by atoms with E-state index in [0.29, 0.717) is 11.3 Å². The molecule has 0 spiro atoms. The number of benzene rings is 1. The first-order chi connectivity index (χ1) is 6.79. The van der Waals surface area contributed by atoms with Crippen LogP contribution >= 0.6 is 12.4 Å². The van der Waals surface area contributed by atoms with Crippen molar-refractivity contribution >= 4 is 24.0 Å². The molecule has 5 nitrogen and oxygen atoms in total. The van der Waals surface area contributed by atoms with Crippen molar-refractivity contribution in [1.82, 2.24) is 5.59 Å². The summed E-state index contributed by atoms with van der Waals surface area (Å²) in [7, 11) is 0. The van der Waals surface area contributed by atoms with Gasteiger partial charge in [-0.25, -0.2) is 5.01 Å². The number of primary amides is 1. The summed E-state index contributed by atoms with van der Waals surface area (Å²) in [4.78, 5) is 15.9. The van der Waals surface area contributed by atoms with E-state index in [2.05, 4.69) is 5.59 Å². The van der Waals surface area contributed by atoms with Crippen LogP contribution in [0.3, 0.4) is 0 Å². The Morgan fingerprint density at radius 3 is 2.73 bits per heavy atom. The van der Waals surface area contributed by atoms with Crippen molar-refractivity contribution in [2.45, 2.75) is 0 Å². The van der Waals surface area contributed by atoms with Gasteiger partial charge in [0.2, 0.25) is 0 Å². The van der Waals surface area contributed by atoms with Gasteiger partial charge in [-0.15, -0.1) is 12.4 Å². The number of rotatable bonds is 2. The molecule has 1 heterocycles. The second kappa shape index (κ2) is 4.68. The van der Waals surface area contributed by atoms with E-state index in [-0.39, 0.29) is 12.4 Å². The number of para-hydroxylation sites is 1. The summed E-state index contributed by atoms with van der Waals surface area (Å²) < 4.78 is 0. The Balaban J connectivity index is 0.00000112. The van der Waals surface area contributed by atoms with Crippen LogP contribution in [0.5, 0.6) is 0 Å². The predicted octanol–water partition coefficient (Wildman–Crippen LogP) is 0.935. The van der Waals surface area contributed by atoms with Gasteiger partial charge in [0.1, 0.15) is 6.26 Å². The van der Waals surface area contributed by atoms with Crippen LogP contribution in [0.25, 0.3) is 0 Å². The second-order valence-electron chi connectivity index (χ2n) is 2.75. The van der Waals surface area contributed by atoms with Crippen LogP contribution in [0.1, 0.15) is 10.4 Å². The molecule has 0 unspecified atom stereocenters. The number of hydrogen-bond donors (Lipinski definition) is 2. The third-order valence-electron chi connectivity index (χ3n) is 1.86. The van der Waals surface area contributed by atoms with Crippen LogP contribution in [-0.4, -0.2) is 5.91 Å². The van der Waals surface area contributed by atoms with Gasteiger partial charge >= 0.3 is 0 Å². The minimum absolute atomic E-state index is 0. The van der Waals surface area contributed by atoms with Crippen molar-refractivity contribution in [3.63, 3.8) is 0 Å². The molecule has 1 aromatic rings. The van der Waals surface area contributed by atoms with E-state index in [4.69, 9.17) is 10.6 Å². The van der Waals surface area contributed by atoms with Gasteiger partial charge in [0.25, 0.3) is 5.91 Å². The largest absolute Gasteiger partial charge is 0.395 e. The molecule has 1 amide bonds. The SMILES string of the molecule is Cl.NC(=O)c1ccccc1N1C=CON1. The summed E-state index contributed by atoms with van der Waals surface area (Å²) in [5, 5.41) is 1.57. The normalized spacial score (nSPS) is 13.2. The lowest BCUT2D eigenvalue weighted by molar-refractivity contribution is 0.1000. The molecule has 0 saturated carbocycles. The first kappa shape index (κ1) is 11.4. The van der Waals surface area contributed by atoms with Gasteiger partial charge in [0.15, 0.2) is 0 Å². The van der Waals surface area contributed by atoms with Crippen LogP contribution in [0.2, 0.25) is 0 Å². The van der Waals surface area contributed by atoms with E-state index in [1.165, 1.54) is 6.26 Å². The number of nitrogens with two attached hydrogens (primary N) is 1. The monoisotopic (exact) mass is 227 g/mol. The maximum Gasteiger partial charge on any atom is 0.250 e. The smallest absolute Gasteiger partial charge is 0.250 e. The number of nitrogens with zero attached hydrogens (tertiary/aromatic N) is 1. The number of hydrogen-bond acceptors (Lipinski definition) is 4. The van der Waals surface area contributed by atoms with Crippen molar-refractivity contribution in [1.29, 1.82) is 0 Å². The number of hydrazine groups is 1. The highest BCUT2D eigenvalue weighted by atomic mass is 35.5. The van der Waals surface area contributed by atoms with Crippen LogP contribution in [-0.2, 0) is 4.84 Å². The lowest BCUT2D eigenvalue weighted by atomic mass is 10.1. The number of halogens is 1. The molecule has 0 atom stereocenters. The zero-order valence-electron chi connectivity index (χ0n) is 7.71. The first-order valence-electron chi connectivity index (χ1n) is 4.05. The lowest BCUT2D eigenvalue weighted by Crippen LogP contribution is -2.29. The van der Waals surface area contributed by atoms with Crippen LogP contribution in [0.4, 0.5) is 5.69 Å². The number of carbonyl (C=O) groups is 1. The van der Waals surface area contributed by atoms with Crippen LogP contribution in [0, 0.1) is 0 Å². The molecule has 0 saturated heterocycles. The van der Waals surface area contributed by atoms with Gasteiger partial charge in [-0.05, 0) is 12.1 Å². The molecule has 80 valence electrons. The molecule has 0 radical (unpaired) electrons. The molecular formula is C9H10ClN3O2. The van der Waals surface area contributed by atoms with Gasteiger partial charge in [0.05, 0.1) is 17.5 Å². The molecule has 2 rings (SSSR count). The van der Waals surface area contributed by atoms with Crippen molar-refractivity contribution in [2.24, 2.45) is 5.73 Å². The highest BCUT2D eigenvalue weighted by Crippen LogP contribution is 2.20. The summed E-state index contributed by atoms with van der Waals surface area (Å²) in [6.07, 6.45) is 3.12. The molecule has 0 aliphatic carbocycles. The molecule has 1 aromatic carbocycles. The van der Waals surface area contributed by atoms with Gasteiger partial charge in [-0.2, -0.15) is 0 Å². The zero-order valence-corrected chi connectivity index (χ0v) is 8.53. The summed E-state index contributed by atoms with van der Waals surface area (Å²) in [6, 6.07) is 7.00. The van der Waals surface area contributed by atoms with E-state index in [1.54, 1.807) is 29.4 Å². The maximum absolute atomic E-state index is 11.1. The maximum atomic E-state index is 11.1. The lowest BCUT2D eigenvalue weighted by Gasteiger charge is -2.16. The topological polar surface area (TPSA) is 67.6 Å². The van der Waals surface area contributed by atoms with E-state index in [1.807, 2.05) is 6.07 Å². The fourth-order valence-electron chi connectivity index (χ4n) is 1.23. The van der Waals surface area contributed by atoms with Crippen molar-refractivity contribution in [3.05, 3.63) is 42.3 Å². The minimum atomic E-state index is -0.470. The van der Waals surface area contributed by atoms with Crippen molar-refractivity contribution in [2.75, 3.05) is 5.01 Å². The molecule has 1 aliphatic rings. The summed E-state index contributed by atoms with van der Waals surface area (Å²) in [5.41, 5.74) is 8.91. The second-order valence-corrected chi connectivity index (χ2v) is 2.75. The fourth-order valence-corrected chi connectivity index (χ4v) is 1.23. The highest BCUT2D eigenvalue weighted by Gasteiger charge is 2.14. The Morgan fingerprint density at radius 2 is 2.13 bits per heavy atom. The van der Waals surface area contributed by atoms with Gasteiger partial charge in [-0.1, -0.05) is 17.7 Å². The predicted molar refractivity (Wildman–Crippen MR) is 58.0 cm³/mol. The van der Waals surface area contributed by atoms with E-state index >= 15 is 0 Å². The highest BCUT2D eigenvalue weighted by molar-refractivity contribution is 5.98. The van der Waals surface area contributed by atoms with Gasteiger partial charge < -0.3 is 10.6 Å². The molecule has 6 heteroatoms. The van der Waals surface area contributed by atoms with Gasteiger partial charge in [0, 0.05) is 0 Å². The standard InChI is InChI=1S/C9H9N3O2.ClH/c10-9(13)7-3-1-2-4-8(7)12-5-6-14-11-12;/h1-6,11H,(H2,10,13);1H. The fraction of sp³-hybridized carbons (Fsp3) is 0. The zero-order chi connectivity index (χ0) is 9.97. The molecule has 0 fully saturated rings. The average Bonchev–Trinajstić information content (AvgIpc) is 2.70. The Morgan fingerprint density at radius 1 is 1.40 bits per heavy atom. The Bertz CT molecular complexity index is 395. The quantitative estimate of drug-likeness (QED) is 0.789. The summed E-state index contributed by atoms with van der Waals surface area (Å²) in [6.45, 7) is 0. The number of amides is 1.